The van der Waals surface area contributed by atoms with E-state index in [0.717, 1.165) is 16.1 Å². The smallest absolute Gasteiger partial charge is 0.128 e. The van der Waals surface area contributed by atoms with E-state index in [1.54, 1.807) is 0 Å². The Labute approximate surface area is 116 Å². The number of halogens is 1. The van der Waals surface area contributed by atoms with Gasteiger partial charge in [0.25, 0.3) is 0 Å². The largest absolute Gasteiger partial charge is 0.373 e. The van der Waals surface area contributed by atoms with Crippen LogP contribution in [0.15, 0.2) is 46.9 Å². The summed E-state index contributed by atoms with van der Waals surface area (Å²) in [7, 11) is 1.86. The van der Waals surface area contributed by atoms with Gasteiger partial charge in [-0.1, -0.05) is 34.1 Å². The Balaban J connectivity index is 2.13. The van der Waals surface area contributed by atoms with Gasteiger partial charge in [-0.15, -0.1) is 0 Å². The molecule has 2 aromatic rings. The average Bonchev–Trinajstić information content (AvgIpc) is 2.39. The van der Waals surface area contributed by atoms with Crippen LogP contribution in [0.3, 0.4) is 0 Å². The van der Waals surface area contributed by atoms with Gasteiger partial charge in [0, 0.05) is 17.6 Å². The Morgan fingerprint density at radius 3 is 2.56 bits per heavy atom. The Bertz CT molecular complexity index is 528. The number of pyridine rings is 1. The van der Waals surface area contributed by atoms with E-state index in [1.165, 1.54) is 5.56 Å². The lowest BCUT2D eigenvalue weighted by Gasteiger charge is -2.15. The van der Waals surface area contributed by atoms with Gasteiger partial charge in [0.1, 0.15) is 11.6 Å². The number of nitrogens with one attached hydrogen (secondary N) is 2. The lowest BCUT2D eigenvalue weighted by molar-refractivity contribution is 0.874. The molecule has 1 atom stereocenters. The summed E-state index contributed by atoms with van der Waals surface area (Å²) in [6.45, 7) is 2.12. The van der Waals surface area contributed by atoms with Crippen molar-refractivity contribution < 1.29 is 0 Å². The summed E-state index contributed by atoms with van der Waals surface area (Å²) in [6, 6.07) is 14.4. The Morgan fingerprint density at radius 1 is 1.11 bits per heavy atom. The van der Waals surface area contributed by atoms with E-state index in [-0.39, 0.29) is 6.04 Å². The molecule has 1 aromatic heterocycles. The standard InChI is InChI=1S/C14H16BrN3/c1-10(11-5-3-6-12(15)9-11)17-14-8-4-7-13(16-2)18-14/h3-10H,1-2H3,(H2,16,17,18). The van der Waals surface area contributed by atoms with Crippen molar-refractivity contribution in [1.29, 1.82) is 0 Å². The van der Waals surface area contributed by atoms with Gasteiger partial charge in [-0.25, -0.2) is 4.98 Å². The van der Waals surface area contributed by atoms with E-state index in [0.29, 0.717) is 0 Å². The molecule has 1 unspecified atom stereocenters. The van der Waals surface area contributed by atoms with Crippen molar-refractivity contribution >= 4 is 27.6 Å². The van der Waals surface area contributed by atoms with Crippen LogP contribution >= 0.6 is 15.9 Å². The maximum atomic E-state index is 4.45. The first-order valence-electron chi connectivity index (χ1n) is 5.86. The van der Waals surface area contributed by atoms with Crippen LogP contribution in [-0.2, 0) is 0 Å². The Hall–Kier alpha value is -1.55. The van der Waals surface area contributed by atoms with Crippen molar-refractivity contribution in [2.75, 3.05) is 17.7 Å². The highest BCUT2D eigenvalue weighted by molar-refractivity contribution is 9.10. The van der Waals surface area contributed by atoms with Crippen molar-refractivity contribution in [3.05, 3.63) is 52.5 Å². The molecule has 3 nitrogen and oxygen atoms in total. The third kappa shape index (κ3) is 3.23. The predicted molar refractivity (Wildman–Crippen MR) is 80.0 cm³/mol. The van der Waals surface area contributed by atoms with Gasteiger partial charge in [-0.2, -0.15) is 0 Å². The minimum Gasteiger partial charge on any atom is -0.373 e. The molecule has 2 N–H and O–H groups in total. The van der Waals surface area contributed by atoms with Crippen molar-refractivity contribution in [3.8, 4) is 0 Å². The number of nitrogens with zero attached hydrogens (tertiary/aromatic N) is 1. The zero-order valence-corrected chi connectivity index (χ0v) is 12.0. The summed E-state index contributed by atoms with van der Waals surface area (Å²) < 4.78 is 1.09. The maximum absolute atomic E-state index is 4.45. The molecule has 0 radical (unpaired) electrons. The van der Waals surface area contributed by atoms with Crippen LogP contribution in [0.4, 0.5) is 11.6 Å². The molecule has 2 rings (SSSR count). The van der Waals surface area contributed by atoms with Crippen LogP contribution in [0.1, 0.15) is 18.5 Å². The monoisotopic (exact) mass is 305 g/mol. The number of hydrogen-bond acceptors (Lipinski definition) is 3. The molecule has 0 aliphatic carbocycles. The summed E-state index contributed by atoms with van der Waals surface area (Å²) in [4.78, 5) is 4.45. The SMILES string of the molecule is CNc1cccc(NC(C)c2cccc(Br)c2)n1. The zero-order chi connectivity index (χ0) is 13.0. The van der Waals surface area contributed by atoms with Crippen LogP contribution in [0.2, 0.25) is 0 Å². The van der Waals surface area contributed by atoms with Crippen LogP contribution < -0.4 is 10.6 Å². The molecular formula is C14H16BrN3. The fraction of sp³-hybridized carbons (Fsp3) is 0.214. The molecule has 0 saturated carbocycles. The van der Waals surface area contributed by atoms with Crippen LogP contribution in [0.25, 0.3) is 0 Å². The topological polar surface area (TPSA) is 37.0 Å². The van der Waals surface area contributed by atoms with E-state index >= 15 is 0 Å². The normalized spacial score (nSPS) is 11.9. The number of benzene rings is 1. The van der Waals surface area contributed by atoms with Gasteiger partial charge in [0.2, 0.25) is 0 Å². The third-order valence-electron chi connectivity index (χ3n) is 2.72. The molecule has 0 bridgehead atoms. The molecule has 94 valence electrons. The number of rotatable bonds is 4. The van der Waals surface area contributed by atoms with Gasteiger partial charge in [-0.05, 0) is 36.8 Å². The second-order valence-corrected chi connectivity index (χ2v) is 4.99. The number of aromatic nitrogens is 1. The molecule has 1 heterocycles. The summed E-state index contributed by atoms with van der Waals surface area (Å²) in [6.07, 6.45) is 0. The van der Waals surface area contributed by atoms with Gasteiger partial charge >= 0.3 is 0 Å². The van der Waals surface area contributed by atoms with E-state index in [1.807, 2.05) is 37.4 Å². The second kappa shape index (κ2) is 5.87. The third-order valence-corrected chi connectivity index (χ3v) is 3.21. The van der Waals surface area contributed by atoms with Gasteiger partial charge in [0.15, 0.2) is 0 Å². The molecule has 4 heteroatoms. The molecule has 1 aromatic carbocycles. The molecule has 0 spiro atoms. The number of hydrogen-bond donors (Lipinski definition) is 2. The van der Waals surface area contributed by atoms with Gasteiger partial charge < -0.3 is 10.6 Å². The highest BCUT2D eigenvalue weighted by Crippen LogP contribution is 2.21. The highest BCUT2D eigenvalue weighted by atomic mass is 79.9. The minimum absolute atomic E-state index is 0.210. The van der Waals surface area contributed by atoms with Crippen molar-refractivity contribution in [3.63, 3.8) is 0 Å². The molecule has 0 aliphatic rings. The Kier molecular flexibility index (Phi) is 4.20. The first-order chi connectivity index (χ1) is 8.69. The first kappa shape index (κ1) is 12.9. The van der Waals surface area contributed by atoms with Crippen LogP contribution in [0, 0.1) is 0 Å². The van der Waals surface area contributed by atoms with E-state index in [4.69, 9.17) is 0 Å². The first-order valence-corrected chi connectivity index (χ1v) is 6.65. The lowest BCUT2D eigenvalue weighted by atomic mass is 10.1. The quantitative estimate of drug-likeness (QED) is 0.894. The fourth-order valence-electron chi connectivity index (χ4n) is 1.74. The van der Waals surface area contributed by atoms with E-state index in [2.05, 4.69) is 50.6 Å². The summed E-state index contributed by atoms with van der Waals surface area (Å²) in [5, 5.41) is 6.42. The summed E-state index contributed by atoms with van der Waals surface area (Å²) in [5.74, 6) is 1.73. The molecule has 18 heavy (non-hydrogen) atoms. The molecular weight excluding hydrogens is 290 g/mol. The fourth-order valence-corrected chi connectivity index (χ4v) is 2.15. The molecule has 0 saturated heterocycles. The average molecular weight is 306 g/mol. The highest BCUT2D eigenvalue weighted by Gasteiger charge is 2.06. The van der Waals surface area contributed by atoms with Crippen LogP contribution in [-0.4, -0.2) is 12.0 Å². The second-order valence-electron chi connectivity index (χ2n) is 4.08. The molecule has 0 fully saturated rings. The maximum Gasteiger partial charge on any atom is 0.128 e. The van der Waals surface area contributed by atoms with Crippen molar-refractivity contribution in [1.82, 2.24) is 4.98 Å². The van der Waals surface area contributed by atoms with E-state index < -0.39 is 0 Å². The van der Waals surface area contributed by atoms with Gasteiger partial charge in [-0.3, -0.25) is 0 Å². The summed E-state index contributed by atoms with van der Waals surface area (Å²) in [5.41, 5.74) is 1.22. The predicted octanol–water partition coefficient (Wildman–Crippen LogP) is 4.06. The van der Waals surface area contributed by atoms with Crippen molar-refractivity contribution in [2.45, 2.75) is 13.0 Å². The molecule has 0 aliphatic heterocycles. The van der Waals surface area contributed by atoms with E-state index in [9.17, 15) is 0 Å². The number of anilines is 2. The minimum atomic E-state index is 0.210. The summed E-state index contributed by atoms with van der Waals surface area (Å²) >= 11 is 3.49. The zero-order valence-electron chi connectivity index (χ0n) is 10.4. The van der Waals surface area contributed by atoms with Crippen LogP contribution in [0.5, 0.6) is 0 Å². The molecule has 0 amide bonds. The van der Waals surface area contributed by atoms with Crippen molar-refractivity contribution in [2.24, 2.45) is 0 Å². The lowest BCUT2D eigenvalue weighted by Crippen LogP contribution is -2.08. The Morgan fingerprint density at radius 2 is 1.83 bits per heavy atom. The van der Waals surface area contributed by atoms with Gasteiger partial charge in [0.05, 0.1) is 0 Å².